The van der Waals surface area contributed by atoms with Crippen molar-refractivity contribution in [2.45, 2.75) is 25.4 Å². The second-order valence-corrected chi connectivity index (χ2v) is 8.23. The number of alkyl halides is 2. The lowest BCUT2D eigenvalue weighted by Crippen LogP contribution is -2.06. The van der Waals surface area contributed by atoms with Gasteiger partial charge in [-0.3, -0.25) is 4.57 Å². The van der Waals surface area contributed by atoms with Crippen molar-refractivity contribution in [3.8, 4) is 28.5 Å². The molecule has 5 aromatic rings. The molecule has 170 valence electrons. The molecule has 0 amide bonds. The lowest BCUT2D eigenvalue weighted by Gasteiger charge is -2.12. The zero-order valence-electron chi connectivity index (χ0n) is 17.9. The van der Waals surface area contributed by atoms with Crippen molar-refractivity contribution in [2.75, 3.05) is 5.73 Å². The molecular formula is C24H20F2N8. The van der Waals surface area contributed by atoms with Gasteiger partial charge in [0, 0.05) is 24.1 Å². The number of halogens is 2. The molecule has 4 aromatic heterocycles. The Morgan fingerprint density at radius 3 is 2.71 bits per heavy atom. The van der Waals surface area contributed by atoms with E-state index in [1.807, 2.05) is 22.8 Å². The molecule has 0 saturated heterocycles. The van der Waals surface area contributed by atoms with E-state index in [-0.39, 0.29) is 6.04 Å². The number of benzene rings is 1. The number of aryl methyl sites for hydroxylation is 1. The highest BCUT2D eigenvalue weighted by Crippen LogP contribution is 2.35. The van der Waals surface area contributed by atoms with Crippen molar-refractivity contribution < 1.29 is 8.78 Å². The van der Waals surface area contributed by atoms with Gasteiger partial charge in [-0.15, -0.1) is 0 Å². The molecule has 0 radical (unpaired) electrons. The van der Waals surface area contributed by atoms with Gasteiger partial charge in [0.15, 0.2) is 11.5 Å². The summed E-state index contributed by atoms with van der Waals surface area (Å²) < 4.78 is 28.6. The van der Waals surface area contributed by atoms with Gasteiger partial charge in [0.25, 0.3) is 0 Å². The van der Waals surface area contributed by atoms with Crippen molar-refractivity contribution in [1.82, 2.24) is 29.3 Å². The molecule has 0 bridgehead atoms. The number of hydrogen-bond acceptors (Lipinski definition) is 6. The Morgan fingerprint density at radius 2 is 1.91 bits per heavy atom. The van der Waals surface area contributed by atoms with Gasteiger partial charge in [-0.1, -0.05) is 6.07 Å². The summed E-state index contributed by atoms with van der Waals surface area (Å²) in [5.74, 6) is 0.934. The third-order valence-electron chi connectivity index (χ3n) is 6.16. The third-order valence-corrected chi connectivity index (χ3v) is 6.16. The first-order chi connectivity index (χ1) is 16.5. The summed E-state index contributed by atoms with van der Waals surface area (Å²) in [4.78, 5) is 13.8. The number of anilines is 1. The van der Waals surface area contributed by atoms with E-state index >= 15 is 0 Å². The van der Waals surface area contributed by atoms with Crippen LogP contribution >= 0.6 is 0 Å². The molecule has 0 unspecified atom stereocenters. The average molecular weight is 458 g/mol. The van der Waals surface area contributed by atoms with Crippen LogP contribution in [0.2, 0.25) is 0 Å². The van der Waals surface area contributed by atoms with Crippen LogP contribution in [0, 0.1) is 0 Å². The fourth-order valence-electron chi connectivity index (χ4n) is 4.49. The Morgan fingerprint density at radius 1 is 1.03 bits per heavy atom. The van der Waals surface area contributed by atoms with Gasteiger partial charge in [-0.05, 0) is 66.4 Å². The molecule has 1 aliphatic rings. The lowest BCUT2D eigenvalue weighted by atomic mass is 10.1. The molecule has 1 atom stereocenters. The second kappa shape index (κ2) is 7.70. The van der Waals surface area contributed by atoms with Crippen molar-refractivity contribution in [3.63, 3.8) is 0 Å². The van der Waals surface area contributed by atoms with Gasteiger partial charge >= 0.3 is 6.55 Å². The molecule has 10 heteroatoms. The van der Waals surface area contributed by atoms with Crippen LogP contribution in [0.3, 0.4) is 0 Å². The fraction of sp³-hybridized carbons (Fsp3) is 0.167. The number of fused-ring (bicyclic) bond motifs is 2. The van der Waals surface area contributed by atoms with Gasteiger partial charge < -0.3 is 11.5 Å². The SMILES string of the molecule is Nc1ncccc1-c1nc2ccc(-c3ccn(C(F)F)n3)nc2n1-c1ccc2c(c1)CC[C@@H]2N. The van der Waals surface area contributed by atoms with Gasteiger partial charge in [-0.2, -0.15) is 13.9 Å². The Labute approximate surface area is 192 Å². The molecule has 0 fully saturated rings. The van der Waals surface area contributed by atoms with E-state index in [1.54, 1.807) is 24.4 Å². The molecule has 0 aliphatic heterocycles. The topological polar surface area (TPSA) is 113 Å². The first-order valence-corrected chi connectivity index (χ1v) is 10.8. The number of nitrogens with two attached hydrogens (primary N) is 2. The summed E-state index contributed by atoms with van der Waals surface area (Å²) in [6.07, 6.45) is 4.65. The first-order valence-electron chi connectivity index (χ1n) is 10.8. The maximum Gasteiger partial charge on any atom is 0.333 e. The molecule has 8 nitrogen and oxygen atoms in total. The zero-order valence-corrected chi connectivity index (χ0v) is 17.9. The quantitative estimate of drug-likeness (QED) is 0.416. The number of aromatic nitrogens is 6. The van der Waals surface area contributed by atoms with Gasteiger partial charge in [0.05, 0.1) is 11.3 Å². The van der Waals surface area contributed by atoms with E-state index < -0.39 is 6.55 Å². The molecule has 4 N–H and O–H groups in total. The van der Waals surface area contributed by atoms with E-state index in [0.29, 0.717) is 44.4 Å². The Kier molecular flexibility index (Phi) is 4.63. The second-order valence-electron chi connectivity index (χ2n) is 8.23. The standard InChI is InChI=1S/C24H20F2N8/c25-24(26)33-11-9-19(32-33)18-7-8-20-23(30-18)34(22(31-20)16-2-1-10-29-21(16)28)14-4-5-15-13(12-14)3-6-17(15)27/h1-2,4-5,7-12,17,24H,3,6,27H2,(H2,28,29)/t17-/m0/s1. The first kappa shape index (κ1) is 20.4. The van der Waals surface area contributed by atoms with Crippen molar-refractivity contribution in [2.24, 2.45) is 5.73 Å². The monoisotopic (exact) mass is 458 g/mol. The summed E-state index contributed by atoms with van der Waals surface area (Å²) in [6, 6.07) is 14.8. The highest BCUT2D eigenvalue weighted by Gasteiger charge is 2.23. The molecular weight excluding hydrogens is 438 g/mol. The van der Waals surface area contributed by atoms with Crippen molar-refractivity contribution in [1.29, 1.82) is 0 Å². The maximum atomic E-state index is 13.0. The smallest absolute Gasteiger partial charge is 0.333 e. The van der Waals surface area contributed by atoms with Crippen molar-refractivity contribution >= 4 is 17.0 Å². The van der Waals surface area contributed by atoms with Crippen LogP contribution in [-0.4, -0.2) is 29.3 Å². The molecule has 0 saturated carbocycles. The highest BCUT2D eigenvalue weighted by molar-refractivity contribution is 5.84. The number of imidazole rings is 1. The number of nitrogens with zero attached hydrogens (tertiary/aromatic N) is 6. The van der Waals surface area contributed by atoms with E-state index in [0.717, 1.165) is 24.1 Å². The van der Waals surface area contributed by atoms with Gasteiger partial charge in [0.2, 0.25) is 0 Å². The fourth-order valence-corrected chi connectivity index (χ4v) is 4.49. The van der Waals surface area contributed by atoms with Gasteiger partial charge in [0.1, 0.15) is 17.0 Å². The predicted octanol–water partition coefficient (Wildman–Crippen LogP) is 4.27. The summed E-state index contributed by atoms with van der Waals surface area (Å²) in [5.41, 5.74) is 18.3. The Hall–Kier alpha value is -4.18. The van der Waals surface area contributed by atoms with E-state index in [2.05, 4.69) is 16.1 Å². The van der Waals surface area contributed by atoms with Crippen LogP contribution < -0.4 is 11.5 Å². The molecule has 4 heterocycles. The van der Waals surface area contributed by atoms with Crippen LogP contribution in [0.1, 0.15) is 30.1 Å². The van der Waals surface area contributed by atoms with Crippen LogP contribution in [0.25, 0.3) is 39.6 Å². The average Bonchev–Trinajstić information content (AvgIpc) is 3.56. The Bertz CT molecular complexity index is 1540. The number of hydrogen-bond donors (Lipinski definition) is 2. The largest absolute Gasteiger partial charge is 0.383 e. The summed E-state index contributed by atoms with van der Waals surface area (Å²) in [7, 11) is 0. The van der Waals surface area contributed by atoms with Crippen LogP contribution in [-0.2, 0) is 6.42 Å². The molecule has 34 heavy (non-hydrogen) atoms. The molecule has 1 aromatic carbocycles. The normalized spacial score (nSPS) is 15.4. The third kappa shape index (κ3) is 3.22. The van der Waals surface area contributed by atoms with E-state index in [1.165, 1.54) is 17.8 Å². The molecule has 0 spiro atoms. The zero-order chi connectivity index (χ0) is 23.4. The van der Waals surface area contributed by atoms with Crippen LogP contribution in [0.4, 0.5) is 14.6 Å². The minimum atomic E-state index is -2.72. The van der Waals surface area contributed by atoms with Crippen molar-refractivity contribution in [3.05, 3.63) is 72.1 Å². The van der Waals surface area contributed by atoms with Crippen LogP contribution in [0.5, 0.6) is 0 Å². The molecule has 6 rings (SSSR count). The number of rotatable bonds is 4. The van der Waals surface area contributed by atoms with E-state index in [9.17, 15) is 8.78 Å². The number of nitrogen functional groups attached to an aromatic ring is 1. The van der Waals surface area contributed by atoms with Gasteiger partial charge in [-0.25, -0.2) is 19.6 Å². The Balaban J connectivity index is 1.59. The summed E-state index contributed by atoms with van der Waals surface area (Å²) >= 11 is 0. The lowest BCUT2D eigenvalue weighted by molar-refractivity contribution is 0.0568. The minimum absolute atomic E-state index is 0.0340. The highest BCUT2D eigenvalue weighted by atomic mass is 19.3. The summed E-state index contributed by atoms with van der Waals surface area (Å²) in [6.45, 7) is -2.72. The predicted molar refractivity (Wildman–Crippen MR) is 124 cm³/mol. The van der Waals surface area contributed by atoms with Crippen LogP contribution in [0.15, 0.2) is 60.9 Å². The minimum Gasteiger partial charge on any atom is -0.383 e. The molecule has 1 aliphatic carbocycles. The maximum absolute atomic E-state index is 13.0. The number of pyridine rings is 2. The summed E-state index contributed by atoms with van der Waals surface area (Å²) in [5, 5.41) is 3.95. The van der Waals surface area contributed by atoms with E-state index in [4.69, 9.17) is 21.4 Å².